The van der Waals surface area contributed by atoms with E-state index < -0.39 is 11.9 Å². The van der Waals surface area contributed by atoms with E-state index in [1.165, 1.54) is 25.3 Å². The maximum Gasteiger partial charge on any atom is 0.371 e. The molecule has 0 bridgehead atoms. The van der Waals surface area contributed by atoms with Crippen molar-refractivity contribution >= 4 is 39.6 Å². The second-order valence-corrected chi connectivity index (χ2v) is 7.32. The second-order valence-electron chi connectivity index (χ2n) is 6.40. The van der Waals surface area contributed by atoms with Crippen molar-refractivity contribution in [3.63, 3.8) is 0 Å². The molecule has 9 heteroatoms. The van der Waals surface area contributed by atoms with Gasteiger partial charge in [-0.3, -0.25) is 4.79 Å². The van der Waals surface area contributed by atoms with Crippen molar-refractivity contribution in [3.8, 4) is 17.6 Å². The van der Waals surface area contributed by atoms with E-state index in [9.17, 15) is 14.9 Å². The average molecular weight is 497 g/mol. The van der Waals surface area contributed by atoms with E-state index in [4.69, 9.17) is 19.0 Å². The van der Waals surface area contributed by atoms with Crippen molar-refractivity contribution < 1.29 is 28.6 Å². The molecule has 2 N–H and O–H groups in total. The third-order valence-electron chi connectivity index (χ3n) is 4.21. The van der Waals surface area contributed by atoms with E-state index >= 15 is 0 Å². The molecule has 2 aromatic carbocycles. The van der Waals surface area contributed by atoms with Gasteiger partial charge in [-0.15, -0.1) is 0 Å². The van der Waals surface area contributed by atoms with Crippen LogP contribution in [0.4, 0.5) is 5.69 Å². The Hall–Kier alpha value is -4.03. The molecule has 8 nitrogen and oxygen atoms in total. The predicted molar refractivity (Wildman–Crippen MR) is 119 cm³/mol. The average Bonchev–Trinajstić information content (AvgIpc) is 3.27. The number of rotatable bonds is 8. The molecule has 0 fully saturated rings. The summed E-state index contributed by atoms with van der Waals surface area (Å²) < 4.78 is 17.0. The number of methoxy groups -OCH3 is 1. The molecule has 0 aliphatic heterocycles. The first-order valence-electron chi connectivity index (χ1n) is 9.21. The Morgan fingerprint density at radius 2 is 1.91 bits per heavy atom. The van der Waals surface area contributed by atoms with Crippen molar-refractivity contribution in [1.82, 2.24) is 0 Å². The van der Waals surface area contributed by atoms with Crippen LogP contribution in [0.3, 0.4) is 0 Å². The number of ether oxygens (including phenoxy) is 2. The van der Waals surface area contributed by atoms with Crippen LogP contribution < -0.4 is 14.8 Å². The van der Waals surface area contributed by atoms with Crippen LogP contribution in [0.5, 0.6) is 11.5 Å². The SMILES string of the molecule is COc1cc(/C=C(/C#N)C(=O)Nc2ccc(Br)cc2)ccc1OCc1ccc(C(=O)O)o1. The Bertz CT molecular complexity index is 1210. The number of hydrogen-bond acceptors (Lipinski definition) is 6. The van der Waals surface area contributed by atoms with Gasteiger partial charge in [0.15, 0.2) is 11.5 Å². The maximum atomic E-state index is 12.4. The van der Waals surface area contributed by atoms with Crippen molar-refractivity contribution in [2.75, 3.05) is 12.4 Å². The number of carbonyl (C=O) groups is 2. The molecule has 0 saturated carbocycles. The van der Waals surface area contributed by atoms with E-state index in [1.54, 1.807) is 42.5 Å². The zero-order valence-electron chi connectivity index (χ0n) is 16.8. The van der Waals surface area contributed by atoms with Crippen molar-refractivity contribution in [1.29, 1.82) is 5.26 Å². The zero-order valence-corrected chi connectivity index (χ0v) is 18.4. The number of nitrogens with zero attached hydrogens (tertiary/aromatic N) is 1. The van der Waals surface area contributed by atoms with Gasteiger partial charge >= 0.3 is 5.97 Å². The number of carboxylic acid groups (broad SMARTS) is 1. The number of amides is 1. The first-order chi connectivity index (χ1) is 15.4. The lowest BCUT2D eigenvalue weighted by molar-refractivity contribution is -0.112. The number of furan rings is 1. The normalized spacial score (nSPS) is 10.8. The Kier molecular flexibility index (Phi) is 7.31. The third kappa shape index (κ3) is 5.77. The molecule has 0 spiro atoms. The minimum absolute atomic E-state index is 0.00212. The summed E-state index contributed by atoms with van der Waals surface area (Å²) in [6.07, 6.45) is 1.44. The number of halogens is 1. The van der Waals surface area contributed by atoms with Gasteiger partial charge in [0.05, 0.1) is 7.11 Å². The van der Waals surface area contributed by atoms with Crippen LogP contribution >= 0.6 is 15.9 Å². The van der Waals surface area contributed by atoms with E-state index in [0.29, 0.717) is 28.5 Å². The fraction of sp³-hybridized carbons (Fsp3) is 0.0870. The summed E-state index contributed by atoms with van der Waals surface area (Å²) in [5.41, 5.74) is 1.04. The first kappa shape index (κ1) is 22.7. The van der Waals surface area contributed by atoms with Crippen LogP contribution in [0.2, 0.25) is 0 Å². The summed E-state index contributed by atoms with van der Waals surface area (Å²) in [6, 6.07) is 16.6. The van der Waals surface area contributed by atoms with Crippen LogP contribution in [0.25, 0.3) is 6.08 Å². The number of nitriles is 1. The molecular weight excluding hydrogens is 480 g/mol. The minimum Gasteiger partial charge on any atom is -0.493 e. The standard InChI is InChI=1S/C23H17BrN2O6/c1-30-21-11-14(2-8-19(21)31-13-18-7-9-20(32-18)23(28)29)10-15(12-25)22(27)26-17-5-3-16(24)4-6-17/h2-11H,13H2,1H3,(H,26,27)(H,28,29)/b15-10-. The van der Waals surface area contributed by atoms with Crippen molar-refractivity contribution in [2.24, 2.45) is 0 Å². The Labute approximate surface area is 191 Å². The van der Waals surface area contributed by atoms with Crippen LogP contribution in [-0.4, -0.2) is 24.1 Å². The van der Waals surface area contributed by atoms with E-state index in [0.717, 1.165) is 4.47 Å². The molecule has 162 valence electrons. The van der Waals surface area contributed by atoms with Gasteiger partial charge in [-0.05, 0) is 60.2 Å². The highest BCUT2D eigenvalue weighted by Crippen LogP contribution is 2.30. The summed E-state index contributed by atoms with van der Waals surface area (Å²) in [4.78, 5) is 23.3. The van der Waals surface area contributed by atoms with Crippen LogP contribution in [0.1, 0.15) is 21.9 Å². The number of aromatic carboxylic acids is 1. The monoisotopic (exact) mass is 496 g/mol. The second kappa shape index (κ2) is 10.3. The number of benzene rings is 2. The van der Waals surface area contributed by atoms with E-state index in [-0.39, 0.29) is 17.9 Å². The van der Waals surface area contributed by atoms with Gasteiger partial charge in [0.2, 0.25) is 5.76 Å². The molecule has 0 atom stereocenters. The maximum absolute atomic E-state index is 12.4. The Balaban J connectivity index is 1.73. The summed E-state index contributed by atoms with van der Waals surface area (Å²) in [5.74, 6) is -0.792. The molecule has 1 aromatic heterocycles. The summed E-state index contributed by atoms with van der Waals surface area (Å²) in [7, 11) is 1.45. The molecule has 1 heterocycles. The molecule has 0 aliphatic carbocycles. The van der Waals surface area contributed by atoms with E-state index in [2.05, 4.69) is 21.2 Å². The lowest BCUT2D eigenvalue weighted by Crippen LogP contribution is -2.13. The number of nitrogens with one attached hydrogen (secondary N) is 1. The molecule has 0 aliphatic rings. The molecule has 3 rings (SSSR count). The highest BCUT2D eigenvalue weighted by atomic mass is 79.9. The summed E-state index contributed by atoms with van der Waals surface area (Å²) in [6.45, 7) is -0.00212. The van der Waals surface area contributed by atoms with Gasteiger partial charge in [-0.25, -0.2) is 4.79 Å². The lowest BCUT2D eigenvalue weighted by atomic mass is 10.1. The molecule has 3 aromatic rings. The molecule has 0 saturated heterocycles. The topological polar surface area (TPSA) is 122 Å². The molecular formula is C23H17BrN2O6. The van der Waals surface area contributed by atoms with Gasteiger partial charge in [-0.1, -0.05) is 22.0 Å². The molecule has 0 unspecified atom stereocenters. The number of hydrogen-bond donors (Lipinski definition) is 2. The highest BCUT2D eigenvalue weighted by molar-refractivity contribution is 9.10. The van der Waals surface area contributed by atoms with Crippen LogP contribution in [0.15, 0.2) is 69.1 Å². The van der Waals surface area contributed by atoms with Crippen molar-refractivity contribution in [3.05, 3.63) is 81.7 Å². The van der Waals surface area contributed by atoms with Gasteiger partial charge in [0, 0.05) is 10.2 Å². The molecule has 0 radical (unpaired) electrons. The summed E-state index contributed by atoms with van der Waals surface area (Å²) in [5, 5.41) is 21.0. The van der Waals surface area contributed by atoms with Gasteiger partial charge < -0.3 is 24.3 Å². The fourth-order valence-corrected chi connectivity index (χ4v) is 2.92. The predicted octanol–water partition coefficient (Wildman–Crippen LogP) is 4.87. The lowest BCUT2D eigenvalue weighted by Gasteiger charge is -2.11. The zero-order chi connectivity index (χ0) is 23.1. The quantitative estimate of drug-likeness (QED) is 0.336. The van der Waals surface area contributed by atoms with Crippen LogP contribution in [-0.2, 0) is 11.4 Å². The van der Waals surface area contributed by atoms with Crippen molar-refractivity contribution in [2.45, 2.75) is 6.61 Å². The molecule has 32 heavy (non-hydrogen) atoms. The van der Waals surface area contributed by atoms with Gasteiger partial charge in [-0.2, -0.15) is 5.26 Å². The van der Waals surface area contributed by atoms with E-state index in [1.807, 2.05) is 6.07 Å². The third-order valence-corrected chi connectivity index (χ3v) is 4.74. The first-order valence-corrected chi connectivity index (χ1v) is 10.0. The highest BCUT2D eigenvalue weighted by Gasteiger charge is 2.13. The van der Waals surface area contributed by atoms with Crippen LogP contribution in [0, 0.1) is 11.3 Å². The smallest absolute Gasteiger partial charge is 0.371 e. The number of carbonyl (C=O) groups excluding carboxylic acids is 1. The fourth-order valence-electron chi connectivity index (χ4n) is 2.66. The van der Waals surface area contributed by atoms with Gasteiger partial charge in [0.25, 0.3) is 5.91 Å². The van der Waals surface area contributed by atoms with Gasteiger partial charge in [0.1, 0.15) is 24.0 Å². The largest absolute Gasteiger partial charge is 0.493 e. The number of carboxylic acids is 1. The Morgan fingerprint density at radius 3 is 2.53 bits per heavy atom. The minimum atomic E-state index is -1.16. The Morgan fingerprint density at radius 1 is 1.16 bits per heavy atom. The summed E-state index contributed by atoms with van der Waals surface area (Å²) >= 11 is 3.32. The number of anilines is 1. The molecule has 1 amide bonds.